The van der Waals surface area contributed by atoms with E-state index in [9.17, 15) is 13.2 Å². The maximum Gasteiger partial charge on any atom is 0.573 e. The zero-order chi connectivity index (χ0) is 21.0. The van der Waals surface area contributed by atoms with E-state index < -0.39 is 6.36 Å². The van der Waals surface area contributed by atoms with Crippen LogP contribution in [0.2, 0.25) is 0 Å². The minimum Gasteiger partial charge on any atom is -0.406 e. The normalized spacial score (nSPS) is 14.6. The van der Waals surface area contributed by atoms with Gasteiger partial charge in [0.15, 0.2) is 0 Å². The van der Waals surface area contributed by atoms with E-state index in [0.29, 0.717) is 11.1 Å². The summed E-state index contributed by atoms with van der Waals surface area (Å²) >= 11 is 1.84. The van der Waals surface area contributed by atoms with Crippen LogP contribution in [0.4, 0.5) is 13.2 Å². The van der Waals surface area contributed by atoms with E-state index >= 15 is 0 Å². The van der Waals surface area contributed by atoms with Gasteiger partial charge in [-0.15, -0.1) is 24.9 Å². The summed E-state index contributed by atoms with van der Waals surface area (Å²) in [5.41, 5.74) is 2.33. The summed E-state index contributed by atoms with van der Waals surface area (Å²) in [5.74, 6) is 0.844. The van der Waals surface area contributed by atoms with E-state index in [-0.39, 0.29) is 5.75 Å². The van der Waals surface area contributed by atoms with Crippen molar-refractivity contribution >= 4 is 23.0 Å². The van der Waals surface area contributed by atoms with Gasteiger partial charge >= 0.3 is 6.36 Å². The summed E-state index contributed by atoms with van der Waals surface area (Å²) in [5, 5.41) is 0. The van der Waals surface area contributed by atoms with Crippen LogP contribution in [0.5, 0.6) is 5.75 Å². The lowest BCUT2D eigenvalue weighted by molar-refractivity contribution is -0.274. The monoisotopic (exact) mass is 407 g/mol. The third-order valence-corrected chi connectivity index (χ3v) is 4.28. The van der Waals surface area contributed by atoms with Gasteiger partial charge in [0, 0.05) is 17.7 Å². The number of benzene rings is 1. The average Bonchev–Trinajstić information content (AvgIpc) is 2.65. The smallest absolute Gasteiger partial charge is 0.406 e. The number of nitrogens with zero attached hydrogens (tertiary/aromatic N) is 1. The summed E-state index contributed by atoms with van der Waals surface area (Å²) in [4.78, 5) is 5.44. The molecule has 0 N–H and O–H groups in total. The van der Waals surface area contributed by atoms with Crippen LogP contribution >= 0.6 is 11.8 Å². The first-order valence-electron chi connectivity index (χ1n) is 8.54. The van der Waals surface area contributed by atoms with Crippen molar-refractivity contribution in [3.63, 3.8) is 0 Å². The molecule has 1 aliphatic heterocycles. The summed E-state index contributed by atoms with van der Waals surface area (Å²) < 4.78 is 39.2. The van der Waals surface area contributed by atoms with Gasteiger partial charge in [-0.25, -0.2) is 0 Å². The second-order valence-electron chi connectivity index (χ2n) is 5.65. The Labute approximate surface area is 168 Å². The van der Waals surface area contributed by atoms with E-state index in [0.717, 1.165) is 11.5 Å². The highest BCUT2D eigenvalue weighted by Gasteiger charge is 2.31. The Kier molecular flexibility index (Phi) is 10.2. The summed E-state index contributed by atoms with van der Waals surface area (Å²) in [7, 11) is 1.81. The fourth-order valence-corrected chi connectivity index (χ4v) is 2.75. The number of ether oxygens (including phenoxy) is 1. The van der Waals surface area contributed by atoms with E-state index in [4.69, 9.17) is 0 Å². The largest absolute Gasteiger partial charge is 0.573 e. The molecule has 2 rings (SSSR count). The van der Waals surface area contributed by atoms with Crippen molar-refractivity contribution in [1.82, 2.24) is 0 Å². The molecule has 1 aromatic rings. The molecule has 1 heterocycles. The van der Waals surface area contributed by atoms with Crippen molar-refractivity contribution in [3.05, 3.63) is 83.8 Å². The Morgan fingerprint density at radius 1 is 1.29 bits per heavy atom. The van der Waals surface area contributed by atoms with Gasteiger partial charge in [0.05, 0.1) is 5.71 Å². The highest BCUT2D eigenvalue weighted by atomic mass is 32.2. The van der Waals surface area contributed by atoms with E-state index in [2.05, 4.69) is 40.6 Å². The Bertz CT molecular complexity index is 802. The lowest BCUT2D eigenvalue weighted by Gasteiger charge is -2.09. The van der Waals surface area contributed by atoms with Crippen LogP contribution in [0.3, 0.4) is 0 Å². The topological polar surface area (TPSA) is 21.6 Å². The van der Waals surface area contributed by atoms with Crippen LogP contribution in [0.25, 0.3) is 5.57 Å². The molecule has 0 saturated heterocycles. The van der Waals surface area contributed by atoms with Crippen LogP contribution in [0.1, 0.15) is 19.4 Å². The molecule has 0 amide bonds. The van der Waals surface area contributed by atoms with E-state index in [1.807, 2.05) is 44.0 Å². The number of hydrogen-bond donors (Lipinski definition) is 0. The van der Waals surface area contributed by atoms with Gasteiger partial charge in [0.2, 0.25) is 0 Å². The Hall–Kier alpha value is -2.47. The minimum atomic E-state index is -4.65. The van der Waals surface area contributed by atoms with Gasteiger partial charge in [0.1, 0.15) is 5.75 Å². The number of halogens is 3. The van der Waals surface area contributed by atoms with Crippen LogP contribution in [0, 0.1) is 0 Å². The average molecular weight is 408 g/mol. The molecule has 0 aliphatic carbocycles. The molecule has 0 radical (unpaired) electrons. The second-order valence-corrected chi connectivity index (χ2v) is 6.74. The highest BCUT2D eigenvalue weighted by molar-refractivity contribution is 8.03. The maximum atomic E-state index is 11.8. The maximum absolute atomic E-state index is 11.8. The third-order valence-electron chi connectivity index (χ3n) is 3.32. The van der Waals surface area contributed by atoms with Crippen molar-refractivity contribution in [2.24, 2.45) is 4.99 Å². The van der Waals surface area contributed by atoms with Crippen LogP contribution < -0.4 is 4.74 Å². The second kappa shape index (κ2) is 12.1. The fourth-order valence-electron chi connectivity index (χ4n) is 2.02. The molecular formula is C22H24F3NOS. The zero-order valence-electron chi connectivity index (χ0n) is 16.2. The van der Waals surface area contributed by atoms with Crippen molar-refractivity contribution in [1.29, 1.82) is 0 Å². The number of aliphatic imine (C=N–C) groups is 1. The van der Waals surface area contributed by atoms with Gasteiger partial charge in [-0.2, -0.15) is 0 Å². The Morgan fingerprint density at radius 3 is 2.57 bits per heavy atom. The lowest BCUT2D eigenvalue weighted by Crippen LogP contribution is -2.17. The molecule has 150 valence electrons. The summed E-state index contributed by atoms with van der Waals surface area (Å²) in [6.07, 6.45) is 9.86. The van der Waals surface area contributed by atoms with Gasteiger partial charge in [-0.1, -0.05) is 42.5 Å². The quantitative estimate of drug-likeness (QED) is 0.490. The first kappa shape index (κ1) is 23.6. The minimum absolute atomic E-state index is 0.224. The van der Waals surface area contributed by atoms with Gasteiger partial charge in [0.25, 0.3) is 0 Å². The first-order chi connectivity index (χ1) is 13.2. The number of allylic oxidation sites excluding steroid dienone is 7. The van der Waals surface area contributed by atoms with Crippen LogP contribution in [-0.2, 0) is 0 Å². The van der Waals surface area contributed by atoms with Gasteiger partial charge in [-0.3, -0.25) is 4.99 Å². The van der Waals surface area contributed by atoms with Crippen LogP contribution in [-0.4, -0.2) is 24.9 Å². The number of rotatable bonds is 5. The standard InChI is InChI=1S/C12H15NS.C10H9F3O/c1-3-6-11(13-2)8-9-12-7-4-5-10-14-12;1-7(2)8-4-3-5-9(6-8)14-10(11,12)13/h3-9H,10H2,1-2H3;3-6H,1H2,2H3/b6-3-,9-8+,13-11?;. The highest BCUT2D eigenvalue weighted by Crippen LogP contribution is 2.25. The molecule has 6 heteroatoms. The molecule has 0 atom stereocenters. The summed E-state index contributed by atoms with van der Waals surface area (Å²) in [6, 6.07) is 5.71. The van der Waals surface area contributed by atoms with Gasteiger partial charge in [-0.05, 0) is 55.8 Å². The van der Waals surface area contributed by atoms with Gasteiger partial charge < -0.3 is 4.74 Å². The molecular weight excluding hydrogens is 383 g/mol. The van der Waals surface area contributed by atoms with Crippen molar-refractivity contribution < 1.29 is 17.9 Å². The number of hydrogen-bond acceptors (Lipinski definition) is 3. The molecule has 0 spiro atoms. The molecule has 1 aromatic carbocycles. The lowest BCUT2D eigenvalue weighted by atomic mass is 10.1. The molecule has 0 fully saturated rings. The van der Waals surface area contributed by atoms with Crippen molar-refractivity contribution in [2.45, 2.75) is 20.2 Å². The van der Waals surface area contributed by atoms with E-state index in [1.165, 1.54) is 23.1 Å². The zero-order valence-corrected chi connectivity index (χ0v) is 17.0. The first-order valence-corrected chi connectivity index (χ1v) is 9.52. The van der Waals surface area contributed by atoms with Crippen molar-refractivity contribution in [3.8, 4) is 5.75 Å². The molecule has 2 nitrogen and oxygen atoms in total. The summed E-state index contributed by atoms with van der Waals surface area (Å²) in [6.45, 7) is 7.34. The Morgan fingerprint density at radius 2 is 2.04 bits per heavy atom. The predicted octanol–water partition coefficient (Wildman–Crippen LogP) is 6.99. The molecule has 0 aromatic heterocycles. The third kappa shape index (κ3) is 10.0. The molecule has 0 saturated carbocycles. The molecule has 1 aliphatic rings. The SMILES string of the molecule is C/C=C\C(/C=C/C1=CC=CCS1)=NC.C=C(C)c1cccc(OC(F)(F)F)c1. The molecule has 0 bridgehead atoms. The molecule has 28 heavy (non-hydrogen) atoms. The van der Waals surface area contributed by atoms with Crippen LogP contribution in [0.15, 0.2) is 83.3 Å². The van der Waals surface area contributed by atoms with Crippen molar-refractivity contribution in [2.75, 3.05) is 12.8 Å². The fraction of sp³-hybridized carbons (Fsp3) is 0.227. The Balaban J connectivity index is 0.000000280. The molecule has 0 unspecified atom stereocenters. The number of thioether (sulfide) groups is 1. The predicted molar refractivity (Wildman–Crippen MR) is 115 cm³/mol. The number of alkyl halides is 3. The van der Waals surface area contributed by atoms with E-state index in [1.54, 1.807) is 13.0 Å².